The highest BCUT2D eigenvalue weighted by Crippen LogP contribution is 2.13. The molecule has 0 saturated heterocycles. The fourth-order valence-electron chi connectivity index (χ4n) is 0.893. The lowest BCUT2D eigenvalue weighted by molar-refractivity contribution is 1.02. The van der Waals surface area contributed by atoms with E-state index in [1.165, 1.54) is 5.57 Å². The maximum atomic E-state index is 8.23. The van der Waals surface area contributed by atoms with Crippen molar-refractivity contribution in [3.63, 3.8) is 0 Å². The zero-order chi connectivity index (χ0) is 6.53. The highest BCUT2D eigenvalue weighted by Gasteiger charge is 1.94. The first-order valence-electron chi connectivity index (χ1n) is 3.16. The number of allylic oxidation sites excluding steroid dienone is 4. The topological polar surface area (TPSA) is 23.8 Å². The Bertz CT molecular complexity index is 181. The summed E-state index contributed by atoms with van der Waals surface area (Å²) in [7, 11) is 0. The average Bonchev–Trinajstić information content (AvgIpc) is 2.34. The van der Waals surface area contributed by atoms with Crippen LogP contribution in [0.4, 0.5) is 0 Å². The van der Waals surface area contributed by atoms with Crippen molar-refractivity contribution in [1.29, 1.82) is 5.26 Å². The fourth-order valence-corrected chi connectivity index (χ4v) is 0.893. The van der Waals surface area contributed by atoms with Gasteiger partial charge >= 0.3 is 0 Å². The summed E-state index contributed by atoms with van der Waals surface area (Å²) in [5.74, 6) is 0. The van der Waals surface area contributed by atoms with E-state index in [2.05, 4.69) is 24.3 Å². The monoisotopic (exact) mass is 119 g/mol. The Labute approximate surface area is 55.3 Å². The lowest BCUT2D eigenvalue weighted by Crippen LogP contribution is -1.72. The van der Waals surface area contributed by atoms with Gasteiger partial charge in [-0.3, -0.25) is 0 Å². The Hall–Kier alpha value is -1.03. The maximum absolute atomic E-state index is 8.23. The Kier molecular flexibility index (Phi) is 2.09. The van der Waals surface area contributed by atoms with E-state index in [4.69, 9.17) is 5.26 Å². The van der Waals surface area contributed by atoms with Gasteiger partial charge in [0.15, 0.2) is 0 Å². The Morgan fingerprint density at radius 3 is 3.11 bits per heavy atom. The quantitative estimate of drug-likeness (QED) is 0.546. The zero-order valence-corrected chi connectivity index (χ0v) is 5.30. The molecule has 1 nitrogen and oxygen atoms in total. The first-order chi connectivity index (χ1) is 4.43. The molecule has 0 bridgehead atoms. The largest absolute Gasteiger partial charge is 0.198 e. The molecule has 0 atom stereocenters. The molecule has 0 fully saturated rings. The van der Waals surface area contributed by atoms with Gasteiger partial charge in [0.1, 0.15) is 0 Å². The van der Waals surface area contributed by atoms with Gasteiger partial charge in [-0.15, -0.1) is 0 Å². The molecule has 0 aromatic heterocycles. The van der Waals surface area contributed by atoms with E-state index in [1.54, 1.807) is 0 Å². The number of hydrogen-bond donors (Lipinski definition) is 0. The zero-order valence-electron chi connectivity index (χ0n) is 5.30. The van der Waals surface area contributed by atoms with Gasteiger partial charge < -0.3 is 0 Å². The van der Waals surface area contributed by atoms with Crippen LogP contribution in [0.25, 0.3) is 0 Å². The van der Waals surface area contributed by atoms with Crippen LogP contribution < -0.4 is 0 Å². The van der Waals surface area contributed by atoms with Crippen LogP contribution >= 0.6 is 0 Å². The summed E-state index contributed by atoms with van der Waals surface area (Å²) in [5.41, 5.74) is 1.32. The van der Waals surface area contributed by atoms with E-state index < -0.39 is 0 Å². The molecule has 1 rings (SSSR count). The third-order valence-electron chi connectivity index (χ3n) is 1.37. The van der Waals surface area contributed by atoms with Crippen molar-refractivity contribution in [2.45, 2.75) is 19.3 Å². The summed E-state index contributed by atoms with van der Waals surface area (Å²) in [4.78, 5) is 0. The van der Waals surface area contributed by atoms with Crippen molar-refractivity contribution in [2.75, 3.05) is 0 Å². The van der Waals surface area contributed by atoms with Crippen LogP contribution in [0, 0.1) is 11.3 Å². The van der Waals surface area contributed by atoms with Gasteiger partial charge in [0.2, 0.25) is 0 Å². The van der Waals surface area contributed by atoms with Crippen LogP contribution in [0.2, 0.25) is 0 Å². The molecule has 1 aliphatic carbocycles. The third-order valence-corrected chi connectivity index (χ3v) is 1.37. The van der Waals surface area contributed by atoms with Crippen molar-refractivity contribution < 1.29 is 0 Å². The van der Waals surface area contributed by atoms with Gasteiger partial charge in [0, 0.05) is 6.42 Å². The highest BCUT2D eigenvalue weighted by atomic mass is 14.2. The fraction of sp³-hybridized carbons (Fsp3) is 0.375. The molecule has 0 aliphatic heterocycles. The Balaban J connectivity index is 2.29. The lowest BCUT2D eigenvalue weighted by atomic mass is 10.2. The summed E-state index contributed by atoms with van der Waals surface area (Å²) in [6.07, 6.45) is 9.01. The Morgan fingerprint density at radius 1 is 1.67 bits per heavy atom. The normalized spacial score (nSPS) is 15.2. The molecule has 0 aromatic carbocycles. The molecule has 1 heteroatoms. The Morgan fingerprint density at radius 2 is 2.56 bits per heavy atom. The smallest absolute Gasteiger partial charge is 0.0625 e. The van der Waals surface area contributed by atoms with Crippen molar-refractivity contribution in [2.24, 2.45) is 0 Å². The first kappa shape index (κ1) is 6.10. The number of hydrogen-bond acceptors (Lipinski definition) is 1. The average molecular weight is 119 g/mol. The number of rotatable bonds is 2. The predicted octanol–water partition coefficient (Wildman–Crippen LogP) is 2.18. The second kappa shape index (κ2) is 3.09. The maximum Gasteiger partial charge on any atom is 0.0625 e. The van der Waals surface area contributed by atoms with E-state index in [0.29, 0.717) is 6.42 Å². The third kappa shape index (κ3) is 1.73. The van der Waals surface area contributed by atoms with Crippen LogP contribution in [0.5, 0.6) is 0 Å². The summed E-state index contributed by atoms with van der Waals surface area (Å²) in [6.45, 7) is 0. The molecule has 0 amide bonds. The molecule has 0 aromatic rings. The van der Waals surface area contributed by atoms with Gasteiger partial charge in [-0.25, -0.2) is 0 Å². The summed E-state index contributed by atoms with van der Waals surface area (Å²) in [6, 6.07) is 2.12. The highest BCUT2D eigenvalue weighted by molar-refractivity contribution is 5.26. The molecule has 0 spiro atoms. The molecule has 1 aliphatic rings. The van der Waals surface area contributed by atoms with Gasteiger partial charge in [-0.2, -0.15) is 5.26 Å². The second-order valence-corrected chi connectivity index (χ2v) is 2.08. The van der Waals surface area contributed by atoms with Crippen molar-refractivity contribution >= 4 is 0 Å². The van der Waals surface area contributed by atoms with Crippen molar-refractivity contribution in [1.82, 2.24) is 0 Å². The molecule has 46 valence electrons. The summed E-state index contributed by atoms with van der Waals surface area (Å²) in [5, 5.41) is 8.23. The van der Waals surface area contributed by atoms with Gasteiger partial charge in [-0.1, -0.05) is 23.8 Å². The van der Waals surface area contributed by atoms with Crippen LogP contribution in [0.3, 0.4) is 0 Å². The predicted molar refractivity (Wildman–Crippen MR) is 36.7 cm³/mol. The van der Waals surface area contributed by atoms with Crippen LogP contribution in [-0.4, -0.2) is 0 Å². The second-order valence-electron chi connectivity index (χ2n) is 2.08. The van der Waals surface area contributed by atoms with Crippen LogP contribution in [0.1, 0.15) is 19.3 Å². The molecular formula is C8H9N. The van der Waals surface area contributed by atoms with Crippen LogP contribution in [-0.2, 0) is 0 Å². The van der Waals surface area contributed by atoms with E-state index in [9.17, 15) is 0 Å². The molecule has 0 radical (unpaired) electrons. The molecule has 0 N–H and O–H groups in total. The lowest BCUT2D eigenvalue weighted by Gasteiger charge is -1.88. The minimum absolute atomic E-state index is 0.649. The van der Waals surface area contributed by atoms with Gasteiger partial charge in [0.05, 0.1) is 6.07 Å². The minimum atomic E-state index is 0.649. The van der Waals surface area contributed by atoms with Crippen molar-refractivity contribution in [3.8, 4) is 6.07 Å². The van der Waals surface area contributed by atoms with Crippen molar-refractivity contribution in [3.05, 3.63) is 23.8 Å². The first-order valence-corrected chi connectivity index (χ1v) is 3.16. The molecular weight excluding hydrogens is 110 g/mol. The van der Waals surface area contributed by atoms with Gasteiger partial charge in [0.25, 0.3) is 0 Å². The number of nitriles is 1. The molecule has 9 heavy (non-hydrogen) atoms. The van der Waals surface area contributed by atoms with Gasteiger partial charge in [-0.05, 0) is 12.8 Å². The molecule has 0 saturated carbocycles. The van der Waals surface area contributed by atoms with E-state index in [0.717, 1.165) is 12.8 Å². The summed E-state index contributed by atoms with van der Waals surface area (Å²) < 4.78 is 0. The van der Waals surface area contributed by atoms with E-state index in [1.807, 2.05) is 0 Å². The molecule has 0 unspecified atom stereocenters. The standard InChI is InChI=1S/C8H9N/c9-7-3-6-8-4-1-2-5-8/h1,4-5H,2-3,6H2. The van der Waals surface area contributed by atoms with E-state index >= 15 is 0 Å². The van der Waals surface area contributed by atoms with E-state index in [-0.39, 0.29) is 0 Å². The number of nitrogens with zero attached hydrogens (tertiary/aromatic N) is 1. The van der Waals surface area contributed by atoms with Crippen LogP contribution in [0.15, 0.2) is 23.8 Å². The summed E-state index contributed by atoms with van der Waals surface area (Å²) >= 11 is 0. The SMILES string of the molecule is N#CCCC1=CCC=C1. The minimum Gasteiger partial charge on any atom is -0.198 e. The molecule has 0 heterocycles.